The third kappa shape index (κ3) is 3.96. The average Bonchev–Trinajstić information content (AvgIpc) is 2.48. The summed E-state index contributed by atoms with van der Waals surface area (Å²) >= 11 is 0. The second-order valence-electron chi connectivity index (χ2n) is 6.58. The lowest BCUT2D eigenvalue weighted by Gasteiger charge is -2.38. The van der Waals surface area contributed by atoms with Crippen LogP contribution >= 0.6 is 0 Å². The molecule has 1 amide bonds. The molecule has 0 aromatic rings. The lowest BCUT2D eigenvalue weighted by Crippen LogP contribution is -2.49. The van der Waals surface area contributed by atoms with Gasteiger partial charge in [-0.15, -0.1) is 0 Å². The molecule has 1 atom stereocenters. The van der Waals surface area contributed by atoms with Crippen molar-refractivity contribution in [2.45, 2.75) is 52.0 Å². The van der Waals surface area contributed by atoms with Gasteiger partial charge in [0, 0.05) is 19.0 Å². The van der Waals surface area contributed by atoms with E-state index in [1.165, 1.54) is 0 Å². The third-order valence-corrected chi connectivity index (χ3v) is 5.09. The number of rotatable bonds is 4. The second kappa shape index (κ2) is 7.25. The summed E-state index contributed by atoms with van der Waals surface area (Å²) in [6, 6.07) is -0.392. The minimum atomic E-state index is -0.743. The van der Waals surface area contributed by atoms with Crippen LogP contribution in [0.4, 0.5) is 0 Å². The van der Waals surface area contributed by atoms with E-state index in [0.29, 0.717) is 12.3 Å². The Balaban J connectivity index is 1.83. The maximum atomic E-state index is 12.5. The number of likely N-dealkylation sites (tertiary alicyclic amines) is 2. The van der Waals surface area contributed by atoms with E-state index in [9.17, 15) is 14.7 Å². The molecule has 0 aromatic heterocycles. The number of aliphatic carboxylic acids is 1. The number of piperidine rings is 2. The number of carboxylic acids is 1. The largest absolute Gasteiger partial charge is 0.480 e. The molecule has 0 radical (unpaired) electrons. The molecule has 0 bridgehead atoms. The predicted molar refractivity (Wildman–Crippen MR) is 81.0 cm³/mol. The number of carbonyl (C=O) groups excluding carboxylic acids is 1. The van der Waals surface area contributed by atoms with E-state index in [-0.39, 0.29) is 5.92 Å². The second-order valence-corrected chi connectivity index (χ2v) is 6.58. The Morgan fingerprint density at radius 2 is 1.67 bits per heavy atom. The van der Waals surface area contributed by atoms with Crippen molar-refractivity contribution >= 4 is 11.9 Å². The van der Waals surface area contributed by atoms with Crippen LogP contribution in [0.5, 0.6) is 0 Å². The van der Waals surface area contributed by atoms with E-state index in [2.05, 4.69) is 6.92 Å². The first-order chi connectivity index (χ1) is 10.0. The van der Waals surface area contributed by atoms with Gasteiger partial charge in [-0.2, -0.15) is 0 Å². The summed E-state index contributed by atoms with van der Waals surface area (Å²) in [5.41, 5.74) is 0. The Morgan fingerprint density at radius 1 is 1.10 bits per heavy atom. The molecule has 2 fully saturated rings. The summed E-state index contributed by atoms with van der Waals surface area (Å²) in [4.78, 5) is 27.8. The fraction of sp³-hybridized carbons (Fsp3) is 0.875. The number of carboxylic acid groups (broad SMARTS) is 1. The van der Waals surface area contributed by atoms with Gasteiger partial charge in [-0.1, -0.05) is 13.8 Å². The minimum absolute atomic E-state index is 0.0981. The Bertz CT molecular complexity index is 370. The van der Waals surface area contributed by atoms with Gasteiger partial charge in [-0.05, 0) is 51.1 Å². The van der Waals surface area contributed by atoms with Gasteiger partial charge in [-0.3, -0.25) is 14.5 Å². The third-order valence-electron chi connectivity index (χ3n) is 5.09. The molecule has 0 spiro atoms. The summed E-state index contributed by atoms with van der Waals surface area (Å²) in [7, 11) is 0. The van der Waals surface area contributed by atoms with Crippen LogP contribution < -0.4 is 0 Å². The van der Waals surface area contributed by atoms with Crippen LogP contribution in [0.2, 0.25) is 0 Å². The summed E-state index contributed by atoms with van der Waals surface area (Å²) in [5.74, 6) is 0.384. The molecule has 2 saturated heterocycles. The zero-order chi connectivity index (χ0) is 15.4. The fourth-order valence-corrected chi connectivity index (χ4v) is 3.53. The van der Waals surface area contributed by atoms with Crippen molar-refractivity contribution in [1.29, 1.82) is 0 Å². The van der Waals surface area contributed by atoms with Gasteiger partial charge >= 0.3 is 5.97 Å². The van der Waals surface area contributed by atoms with Gasteiger partial charge in [0.1, 0.15) is 6.04 Å². The molecule has 5 nitrogen and oxygen atoms in total. The molecule has 2 aliphatic rings. The number of carbonyl (C=O) groups is 2. The van der Waals surface area contributed by atoms with E-state index < -0.39 is 12.0 Å². The first kappa shape index (κ1) is 16.3. The zero-order valence-corrected chi connectivity index (χ0v) is 13.3. The summed E-state index contributed by atoms with van der Waals surface area (Å²) in [5, 5.41) is 9.21. The Hall–Kier alpha value is -1.10. The van der Waals surface area contributed by atoms with Crippen molar-refractivity contribution in [2.24, 2.45) is 11.8 Å². The van der Waals surface area contributed by atoms with Crippen molar-refractivity contribution < 1.29 is 14.7 Å². The average molecular weight is 296 g/mol. The van der Waals surface area contributed by atoms with Crippen LogP contribution in [0.25, 0.3) is 0 Å². The summed E-state index contributed by atoms with van der Waals surface area (Å²) < 4.78 is 0. The van der Waals surface area contributed by atoms with E-state index in [1.807, 2.05) is 16.7 Å². The monoisotopic (exact) mass is 296 g/mol. The molecule has 2 rings (SSSR count). The highest BCUT2D eigenvalue weighted by Gasteiger charge is 2.33. The van der Waals surface area contributed by atoms with E-state index in [0.717, 1.165) is 57.8 Å². The van der Waals surface area contributed by atoms with Gasteiger partial charge in [0.25, 0.3) is 0 Å². The van der Waals surface area contributed by atoms with E-state index >= 15 is 0 Å². The molecule has 1 unspecified atom stereocenters. The van der Waals surface area contributed by atoms with Crippen LogP contribution in [-0.4, -0.2) is 59.0 Å². The number of hydrogen-bond donors (Lipinski definition) is 1. The highest BCUT2D eigenvalue weighted by atomic mass is 16.4. The maximum absolute atomic E-state index is 12.5. The molecule has 120 valence electrons. The molecule has 0 saturated carbocycles. The van der Waals surface area contributed by atoms with Crippen LogP contribution in [-0.2, 0) is 9.59 Å². The number of hydrogen-bond acceptors (Lipinski definition) is 3. The predicted octanol–water partition coefficient (Wildman–Crippen LogP) is 1.82. The smallest absolute Gasteiger partial charge is 0.320 e. The summed E-state index contributed by atoms with van der Waals surface area (Å²) in [6.45, 7) is 7.40. The number of amides is 1. The van der Waals surface area contributed by atoms with Crippen molar-refractivity contribution in [3.63, 3.8) is 0 Å². The molecular formula is C16H28N2O3. The SMILES string of the molecule is CCC(C(=O)O)N1CCC(C(=O)N2CCC(C)CC2)CC1. The molecule has 0 aromatic carbocycles. The van der Waals surface area contributed by atoms with Crippen LogP contribution in [0.1, 0.15) is 46.0 Å². The van der Waals surface area contributed by atoms with Crippen LogP contribution in [0.3, 0.4) is 0 Å². The van der Waals surface area contributed by atoms with Crippen molar-refractivity contribution in [1.82, 2.24) is 9.80 Å². The van der Waals surface area contributed by atoms with Crippen LogP contribution in [0.15, 0.2) is 0 Å². The fourth-order valence-electron chi connectivity index (χ4n) is 3.53. The molecule has 2 heterocycles. The molecule has 21 heavy (non-hydrogen) atoms. The van der Waals surface area contributed by atoms with Gasteiger partial charge in [0.2, 0.25) is 5.91 Å². The minimum Gasteiger partial charge on any atom is -0.480 e. The zero-order valence-electron chi connectivity index (χ0n) is 13.3. The quantitative estimate of drug-likeness (QED) is 0.859. The first-order valence-corrected chi connectivity index (χ1v) is 8.28. The van der Waals surface area contributed by atoms with Crippen molar-refractivity contribution in [3.8, 4) is 0 Å². The lowest BCUT2D eigenvalue weighted by molar-refractivity contribution is -0.145. The highest BCUT2D eigenvalue weighted by Crippen LogP contribution is 2.25. The summed E-state index contributed by atoms with van der Waals surface area (Å²) in [6.07, 6.45) is 4.45. The van der Waals surface area contributed by atoms with E-state index in [4.69, 9.17) is 0 Å². The maximum Gasteiger partial charge on any atom is 0.320 e. The van der Waals surface area contributed by atoms with Crippen LogP contribution in [0, 0.1) is 11.8 Å². The Labute approximate surface area is 127 Å². The molecule has 2 aliphatic heterocycles. The van der Waals surface area contributed by atoms with Gasteiger partial charge in [0.05, 0.1) is 0 Å². The molecular weight excluding hydrogens is 268 g/mol. The first-order valence-electron chi connectivity index (χ1n) is 8.28. The standard InChI is InChI=1S/C16H28N2O3/c1-3-14(16(20)21)17-10-6-13(7-11-17)15(19)18-8-4-12(2)5-9-18/h12-14H,3-11H2,1-2H3,(H,20,21). The Kier molecular flexibility index (Phi) is 5.62. The number of nitrogens with zero attached hydrogens (tertiary/aromatic N) is 2. The van der Waals surface area contributed by atoms with Gasteiger partial charge in [0.15, 0.2) is 0 Å². The Morgan fingerprint density at radius 3 is 2.14 bits per heavy atom. The lowest BCUT2D eigenvalue weighted by atomic mass is 9.92. The molecule has 5 heteroatoms. The normalized spacial score (nSPS) is 24.0. The topological polar surface area (TPSA) is 60.9 Å². The highest BCUT2D eigenvalue weighted by molar-refractivity contribution is 5.79. The van der Waals surface area contributed by atoms with Crippen molar-refractivity contribution in [3.05, 3.63) is 0 Å². The van der Waals surface area contributed by atoms with Gasteiger partial charge < -0.3 is 10.0 Å². The van der Waals surface area contributed by atoms with Gasteiger partial charge in [-0.25, -0.2) is 0 Å². The molecule has 0 aliphatic carbocycles. The molecule has 1 N–H and O–H groups in total. The van der Waals surface area contributed by atoms with E-state index in [1.54, 1.807) is 0 Å². The van der Waals surface area contributed by atoms with Crippen molar-refractivity contribution in [2.75, 3.05) is 26.2 Å².